The molecule has 0 bridgehead atoms. The van der Waals surface area contributed by atoms with Crippen molar-refractivity contribution in [3.8, 4) is 0 Å². The summed E-state index contributed by atoms with van der Waals surface area (Å²) in [6, 6.07) is 8.07. The van der Waals surface area contributed by atoms with E-state index in [1.165, 1.54) is 21.7 Å². The molecule has 53 heavy (non-hydrogen) atoms. The molecular weight excluding hydrogens is 721 g/mol. The predicted octanol–water partition coefficient (Wildman–Crippen LogP) is 6.32. The van der Waals surface area contributed by atoms with Gasteiger partial charge in [-0.15, -0.1) is 0 Å². The second-order valence-corrected chi connectivity index (χ2v) is 21.2. The van der Waals surface area contributed by atoms with Crippen LogP contribution in [0.3, 0.4) is 0 Å². The van der Waals surface area contributed by atoms with Gasteiger partial charge in [-0.3, -0.25) is 24.4 Å². The van der Waals surface area contributed by atoms with Gasteiger partial charge in [0.2, 0.25) is 11.8 Å². The third-order valence-corrected chi connectivity index (χ3v) is 13.9. The molecule has 1 aromatic heterocycles. The number of ether oxygens (including phenoxy) is 1. The Morgan fingerprint density at radius 1 is 1.08 bits per heavy atom. The van der Waals surface area contributed by atoms with Crippen molar-refractivity contribution in [1.29, 1.82) is 0 Å². The average molecular weight is 776 g/mol. The zero-order valence-electron chi connectivity index (χ0n) is 32.7. The molecule has 3 aromatic rings. The van der Waals surface area contributed by atoms with Crippen LogP contribution in [-0.4, -0.2) is 97.1 Å². The van der Waals surface area contributed by atoms with Gasteiger partial charge in [-0.2, -0.15) is 5.10 Å². The Morgan fingerprint density at radius 3 is 2.32 bits per heavy atom. The highest BCUT2D eigenvalue weighted by Gasteiger charge is 2.38. The first-order valence-electron chi connectivity index (χ1n) is 17.5. The second kappa shape index (κ2) is 17.4. The molecule has 3 rings (SSSR count). The summed E-state index contributed by atoms with van der Waals surface area (Å²) < 4.78 is 28.3. The largest absolute Gasteiger partial charge is 0.444 e. The van der Waals surface area contributed by atoms with E-state index in [0.717, 1.165) is 0 Å². The van der Waals surface area contributed by atoms with Gasteiger partial charge in [-0.1, -0.05) is 44.5 Å². The minimum atomic E-state index is -2.25. The quantitative estimate of drug-likeness (QED) is 0.151. The van der Waals surface area contributed by atoms with Crippen LogP contribution in [0.4, 0.5) is 14.9 Å². The van der Waals surface area contributed by atoms with Crippen LogP contribution in [0.25, 0.3) is 10.9 Å². The monoisotopic (exact) mass is 775 g/mol. The molecule has 0 aliphatic rings. The standard InChI is InChI=1S/C37H55ClFN7O6Si/c1-23(22-51-53(10,11)37(5,6)7)45(20-30(47)42-28(17-18-44(8)9)25-13-12-14-27(38)32(25)39)31(48)21-46-29-16-15-24(41-35(50)52-36(2,3)4)19-26(29)33(43-46)34(40)49/h12-16,19,23,28H,17-18,20-22H2,1-11H3,(H2,40,49)(H,41,50)(H,42,47). The first kappa shape index (κ1) is 43.4. The number of halogens is 2. The van der Waals surface area contributed by atoms with E-state index in [1.807, 2.05) is 19.0 Å². The number of benzene rings is 2. The van der Waals surface area contributed by atoms with Crippen LogP contribution < -0.4 is 16.4 Å². The number of anilines is 1. The zero-order valence-corrected chi connectivity index (χ0v) is 34.5. The fourth-order valence-corrected chi connectivity index (χ4v) is 6.47. The van der Waals surface area contributed by atoms with Gasteiger partial charge in [0.1, 0.15) is 18.0 Å². The number of aromatic nitrogens is 2. The topological polar surface area (TPSA) is 161 Å². The summed E-state index contributed by atoms with van der Waals surface area (Å²) in [6.45, 7) is 17.5. The molecular formula is C37H55ClFN7O6Si. The van der Waals surface area contributed by atoms with E-state index in [2.05, 4.69) is 49.6 Å². The van der Waals surface area contributed by atoms with Crippen molar-refractivity contribution < 1.29 is 32.7 Å². The number of carbonyl (C=O) groups is 4. The van der Waals surface area contributed by atoms with Crippen LogP contribution in [0.15, 0.2) is 36.4 Å². The number of carbonyl (C=O) groups excluding carboxylic acids is 4. The fraction of sp³-hybridized carbons (Fsp3) is 0.541. The molecule has 0 aliphatic heterocycles. The van der Waals surface area contributed by atoms with Gasteiger partial charge in [-0.25, -0.2) is 9.18 Å². The molecule has 2 aromatic carbocycles. The SMILES string of the molecule is CC(CO[Si](C)(C)C(C)(C)C)N(CC(=O)NC(CCN(C)C)c1cccc(Cl)c1F)C(=O)Cn1nc(C(N)=O)c2cc(NC(=O)OC(C)(C)C)ccc21. The maximum Gasteiger partial charge on any atom is 0.412 e. The number of primary amides is 1. The number of nitrogens with one attached hydrogen (secondary N) is 2. The number of amides is 4. The van der Waals surface area contributed by atoms with Crippen molar-refractivity contribution in [1.82, 2.24) is 24.9 Å². The van der Waals surface area contributed by atoms with Crippen molar-refractivity contribution >= 4 is 60.3 Å². The van der Waals surface area contributed by atoms with Crippen LogP contribution in [0, 0.1) is 5.82 Å². The van der Waals surface area contributed by atoms with Crippen LogP contribution in [-0.2, 0) is 25.3 Å². The van der Waals surface area contributed by atoms with E-state index in [0.29, 0.717) is 29.6 Å². The third-order valence-electron chi connectivity index (χ3n) is 9.13. The minimum Gasteiger partial charge on any atom is -0.444 e. The summed E-state index contributed by atoms with van der Waals surface area (Å²) in [7, 11) is 1.50. The number of rotatable bonds is 15. The first-order chi connectivity index (χ1) is 24.4. The highest BCUT2D eigenvalue weighted by atomic mass is 35.5. The highest BCUT2D eigenvalue weighted by molar-refractivity contribution is 6.74. The molecule has 0 saturated carbocycles. The lowest BCUT2D eigenvalue weighted by Gasteiger charge is -2.38. The molecule has 0 aliphatic carbocycles. The Kier molecular flexibility index (Phi) is 14.2. The second-order valence-electron chi connectivity index (χ2n) is 16.0. The van der Waals surface area contributed by atoms with Crippen molar-refractivity contribution in [3.05, 3.63) is 58.5 Å². The highest BCUT2D eigenvalue weighted by Crippen LogP contribution is 2.36. The lowest BCUT2D eigenvalue weighted by Crippen LogP contribution is -2.51. The molecule has 0 radical (unpaired) electrons. The lowest BCUT2D eigenvalue weighted by atomic mass is 10.0. The first-order valence-corrected chi connectivity index (χ1v) is 20.8. The van der Waals surface area contributed by atoms with E-state index >= 15 is 4.39 Å². The van der Waals surface area contributed by atoms with Crippen molar-refractivity contribution in [2.75, 3.05) is 39.1 Å². The van der Waals surface area contributed by atoms with Crippen LogP contribution in [0.1, 0.15) is 77.0 Å². The van der Waals surface area contributed by atoms with E-state index < -0.39 is 55.6 Å². The zero-order chi connectivity index (χ0) is 40.1. The molecule has 2 atom stereocenters. The maximum absolute atomic E-state index is 15.2. The lowest BCUT2D eigenvalue weighted by molar-refractivity contribution is -0.139. The summed E-state index contributed by atoms with van der Waals surface area (Å²) in [5, 5.41) is 10.1. The Morgan fingerprint density at radius 2 is 1.74 bits per heavy atom. The van der Waals surface area contributed by atoms with E-state index in [4.69, 9.17) is 26.5 Å². The average Bonchev–Trinajstić information content (AvgIpc) is 3.38. The van der Waals surface area contributed by atoms with Gasteiger partial charge >= 0.3 is 6.09 Å². The van der Waals surface area contributed by atoms with Crippen LogP contribution >= 0.6 is 11.6 Å². The third kappa shape index (κ3) is 12.0. The molecule has 0 fully saturated rings. The fourth-order valence-electron chi connectivity index (χ4n) is 5.20. The number of hydrogen-bond donors (Lipinski definition) is 3. The van der Waals surface area contributed by atoms with Crippen LogP contribution in [0.2, 0.25) is 23.2 Å². The van der Waals surface area contributed by atoms with Gasteiger partial charge < -0.3 is 30.0 Å². The summed E-state index contributed by atoms with van der Waals surface area (Å²) in [6.07, 6.45) is -0.307. The smallest absolute Gasteiger partial charge is 0.412 e. The molecule has 292 valence electrons. The Balaban J connectivity index is 1.96. The number of nitrogens with two attached hydrogens (primary N) is 1. The molecule has 0 saturated heterocycles. The maximum atomic E-state index is 15.2. The van der Waals surface area contributed by atoms with Gasteiger partial charge in [-0.05, 0) is 97.2 Å². The van der Waals surface area contributed by atoms with E-state index in [1.54, 1.807) is 52.0 Å². The summed E-state index contributed by atoms with van der Waals surface area (Å²) >= 11 is 6.10. The molecule has 0 spiro atoms. The Labute approximate surface area is 317 Å². The molecule has 4 amide bonds. The van der Waals surface area contributed by atoms with Gasteiger partial charge in [0.15, 0.2) is 14.0 Å². The summed E-state index contributed by atoms with van der Waals surface area (Å²) in [5.74, 6) is -2.45. The molecule has 4 N–H and O–H groups in total. The Bertz CT molecular complexity index is 1800. The number of hydrogen-bond acceptors (Lipinski definition) is 8. The predicted molar refractivity (Wildman–Crippen MR) is 208 cm³/mol. The van der Waals surface area contributed by atoms with E-state index in [-0.39, 0.29) is 41.0 Å². The molecule has 1 heterocycles. The van der Waals surface area contributed by atoms with Gasteiger partial charge in [0, 0.05) is 16.6 Å². The molecule has 13 nitrogen and oxygen atoms in total. The van der Waals surface area contributed by atoms with Gasteiger partial charge in [0.05, 0.1) is 35.8 Å². The number of nitrogens with zero attached hydrogens (tertiary/aromatic N) is 4. The van der Waals surface area contributed by atoms with Gasteiger partial charge in [0.25, 0.3) is 5.91 Å². The van der Waals surface area contributed by atoms with E-state index in [9.17, 15) is 19.2 Å². The molecule has 16 heteroatoms. The normalized spacial score (nSPS) is 13.5. The summed E-state index contributed by atoms with van der Waals surface area (Å²) in [5.41, 5.74) is 5.81. The number of fused-ring (bicyclic) bond motifs is 1. The van der Waals surface area contributed by atoms with Crippen molar-refractivity contribution in [3.63, 3.8) is 0 Å². The van der Waals surface area contributed by atoms with Crippen molar-refractivity contribution in [2.45, 2.75) is 97.2 Å². The minimum absolute atomic E-state index is 0.0608. The molecule has 2 unspecified atom stereocenters. The summed E-state index contributed by atoms with van der Waals surface area (Å²) in [4.78, 5) is 56.2. The van der Waals surface area contributed by atoms with Crippen LogP contribution in [0.5, 0.6) is 0 Å². The van der Waals surface area contributed by atoms with Crippen molar-refractivity contribution in [2.24, 2.45) is 5.73 Å². The Hall–Kier alpha value is -4.05.